The number of carbonyl (C=O) groups excluding carboxylic acids is 1. The number of para-hydroxylation sites is 1. The Labute approximate surface area is 199 Å². The van der Waals surface area contributed by atoms with Crippen molar-refractivity contribution in [3.05, 3.63) is 95.2 Å². The van der Waals surface area contributed by atoms with Gasteiger partial charge in [0.15, 0.2) is 0 Å². The van der Waals surface area contributed by atoms with Crippen LogP contribution < -0.4 is 4.31 Å². The van der Waals surface area contributed by atoms with Gasteiger partial charge in [-0.3, -0.25) is 9.10 Å². The molecule has 0 atom stereocenters. The molecular formula is C27H27N3O3S. The molecule has 0 saturated carbocycles. The zero-order valence-electron chi connectivity index (χ0n) is 19.3. The average molecular weight is 474 g/mol. The first kappa shape index (κ1) is 22.2. The van der Waals surface area contributed by atoms with Gasteiger partial charge in [-0.2, -0.15) is 0 Å². The summed E-state index contributed by atoms with van der Waals surface area (Å²) in [6.07, 6.45) is 0.768. The van der Waals surface area contributed by atoms with Gasteiger partial charge in [-0.05, 0) is 62.4 Å². The molecule has 0 fully saturated rings. The van der Waals surface area contributed by atoms with E-state index in [4.69, 9.17) is 0 Å². The van der Waals surface area contributed by atoms with Crippen LogP contribution in [0.2, 0.25) is 0 Å². The molecule has 3 aromatic carbocycles. The summed E-state index contributed by atoms with van der Waals surface area (Å²) < 4.78 is 27.8. The number of hydrogen-bond acceptors (Lipinski definition) is 3. The predicted molar refractivity (Wildman–Crippen MR) is 135 cm³/mol. The highest BCUT2D eigenvalue weighted by molar-refractivity contribution is 7.92. The Kier molecular flexibility index (Phi) is 5.65. The Bertz CT molecular complexity index is 1460. The van der Waals surface area contributed by atoms with Crippen LogP contribution in [0.25, 0.3) is 10.9 Å². The zero-order valence-corrected chi connectivity index (χ0v) is 20.1. The van der Waals surface area contributed by atoms with Crippen molar-refractivity contribution in [1.82, 2.24) is 9.88 Å². The first-order chi connectivity index (χ1) is 16.4. The predicted octanol–water partition coefficient (Wildman–Crippen LogP) is 4.89. The van der Waals surface area contributed by atoms with Crippen LogP contribution in [-0.4, -0.2) is 37.3 Å². The molecule has 0 spiro atoms. The van der Waals surface area contributed by atoms with Crippen LogP contribution in [0.5, 0.6) is 0 Å². The van der Waals surface area contributed by atoms with Crippen molar-refractivity contribution in [3.63, 3.8) is 0 Å². The quantitative estimate of drug-likeness (QED) is 0.449. The van der Waals surface area contributed by atoms with Gasteiger partial charge in [-0.15, -0.1) is 0 Å². The van der Waals surface area contributed by atoms with Gasteiger partial charge in [-0.25, -0.2) is 8.42 Å². The fraction of sp³-hybridized carbons (Fsp3) is 0.222. The Morgan fingerprint density at radius 2 is 1.76 bits per heavy atom. The molecule has 0 bridgehead atoms. The van der Waals surface area contributed by atoms with E-state index < -0.39 is 10.0 Å². The summed E-state index contributed by atoms with van der Waals surface area (Å²) in [7, 11) is -3.73. The number of anilines is 1. The van der Waals surface area contributed by atoms with E-state index in [0.29, 0.717) is 30.9 Å². The maximum atomic E-state index is 13.3. The Morgan fingerprint density at radius 1 is 1.03 bits per heavy atom. The molecule has 0 aliphatic carbocycles. The van der Waals surface area contributed by atoms with Crippen molar-refractivity contribution in [1.29, 1.82) is 0 Å². The number of fused-ring (bicyclic) bond motifs is 3. The first-order valence-corrected chi connectivity index (χ1v) is 12.9. The lowest BCUT2D eigenvalue weighted by molar-refractivity contribution is 0.0735. The van der Waals surface area contributed by atoms with Crippen LogP contribution in [0.3, 0.4) is 0 Å². The summed E-state index contributed by atoms with van der Waals surface area (Å²) in [5, 5.41) is 1.16. The number of rotatable bonds is 5. The number of benzene rings is 3. The normalized spacial score (nSPS) is 13.6. The molecule has 174 valence electrons. The zero-order chi connectivity index (χ0) is 23.9. The van der Waals surface area contributed by atoms with Gasteiger partial charge in [0, 0.05) is 53.8 Å². The molecule has 0 radical (unpaired) electrons. The number of hydrogen-bond donors (Lipinski definition) is 1. The lowest BCUT2D eigenvalue weighted by atomic mass is 10.0. The van der Waals surface area contributed by atoms with E-state index in [-0.39, 0.29) is 10.8 Å². The van der Waals surface area contributed by atoms with E-state index in [1.165, 1.54) is 33.3 Å². The van der Waals surface area contributed by atoms with E-state index in [1.807, 2.05) is 23.1 Å². The van der Waals surface area contributed by atoms with Crippen LogP contribution in [0.1, 0.15) is 34.1 Å². The third-order valence-electron chi connectivity index (χ3n) is 6.44. The minimum absolute atomic E-state index is 0.0907. The lowest BCUT2D eigenvalue weighted by Crippen LogP contribution is -2.35. The standard InChI is InChI=1S/C27H27N3O3S/c1-3-30(21-7-5-4-6-8-21)34(32,33)22-12-10-20(11-13-22)27(31)29-16-15-26-24(18-29)23-17-19(2)9-14-25(23)28-26/h4-14,17,28H,3,15-16,18H2,1-2H3. The number of aromatic nitrogens is 1. The molecule has 1 N–H and O–H groups in total. The number of aryl methyl sites for hydroxylation is 1. The van der Waals surface area contributed by atoms with Crippen molar-refractivity contribution in [2.45, 2.75) is 31.7 Å². The Morgan fingerprint density at radius 3 is 2.47 bits per heavy atom. The Hall–Kier alpha value is -3.58. The third kappa shape index (κ3) is 3.86. The fourth-order valence-electron chi connectivity index (χ4n) is 4.67. The second-order valence-electron chi connectivity index (χ2n) is 8.64. The molecule has 1 aromatic heterocycles. The SMILES string of the molecule is CCN(c1ccccc1)S(=O)(=O)c1ccc(C(=O)N2CCc3[nH]c4ccc(C)cc4c3C2)cc1. The highest BCUT2D eigenvalue weighted by Gasteiger charge is 2.27. The van der Waals surface area contributed by atoms with E-state index in [9.17, 15) is 13.2 Å². The highest BCUT2D eigenvalue weighted by atomic mass is 32.2. The monoisotopic (exact) mass is 473 g/mol. The van der Waals surface area contributed by atoms with Crippen molar-refractivity contribution in [3.8, 4) is 0 Å². The number of aromatic amines is 1. The third-order valence-corrected chi connectivity index (χ3v) is 8.36. The van der Waals surface area contributed by atoms with Gasteiger partial charge in [0.05, 0.1) is 10.6 Å². The topological polar surface area (TPSA) is 73.5 Å². The molecule has 34 heavy (non-hydrogen) atoms. The molecule has 5 rings (SSSR count). The fourth-order valence-corrected chi connectivity index (χ4v) is 6.14. The summed E-state index contributed by atoms with van der Waals surface area (Å²) in [6.45, 7) is 5.34. The number of nitrogens with one attached hydrogen (secondary N) is 1. The lowest BCUT2D eigenvalue weighted by Gasteiger charge is -2.27. The summed E-state index contributed by atoms with van der Waals surface area (Å²) in [4.78, 5) is 18.8. The van der Waals surface area contributed by atoms with Crippen molar-refractivity contribution in [2.24, 2.45) is 0 Å². The maximum absolute atomic E-state index is 13.3. The number of nitrogens with zero attached hydrogens (tertiary/aromatic N) is 2. The molecule has 0 saturated heterocycles. The number of amides is 1. The van der Waals surface area contributed by atoms with Crippen molar-refractivity contribution < 1.29 is 13.2 Å². The minimum atomic E-state index is -3.73. The molecule has 2 heterocycles. The van der Waals surface area contributed by atoms with E-state index in [2.05, 4.69) is 30.1 Å². The average Bonchev–Trinajstić information content (AvgIpc) is 3.21. The summed E-state index contributed by atoms with van der Waals surface area (Å²) >= 11 is 0. The molecule has 1 aliphatic rings. The molecule has 1 aliphatic heterocycles. The van der Waals surface area contributed by atoms with Crippen LogP contribution >= 0.6 is 0 Å². The van der Waals surface area contributed by atoms with Gasteiger partial charge in [0.1, 0.15) is 0 Å². The van der Waals surface area contributed by atoms with Gasteiger partial charge in [-0.1, -0.05) is 29.8 Å². The molecule has 0 unspecified atom stereocenters. The number of sulfonamides is 1. The molecule has 4 aromatic rings. The first-order valence-electron chi connectivity index (χ1n) is 11.5. The van der Waals surface area contributed by atoms with Gasteiger partial charge >= 0.3 is 0 Å². The van der Waals surface area contributed by atoms with Crippen LogP contribution in [-0.2, 0) is 23.0 Å². The smallest absolute Gasteiger partial charge is 0.264 e. The second kappa shape index (κ2) is 8.65. The van der Waals surface area contributed by atoms with E-state index >= 15 is 0 Å². The van der Waals surface area contributed by atoms with Crippen molar-refractivity contribution >= 4 is 32.5 Å². The number of carbonyl (C=O) groups is 1. The Balaban J connectivity index is 1.38. The largest absolute Gasteiger partial charge is 0.358 e. The molecular weight excluding hydrogens is 446 g/mol. The minimum Gasteiger partial charge on any atom is -0.358 e. The van der Waals surface area contributed by atoms with Crippen molar-refractivity contribution in [2.75, 3.05) is 17.4 Å². The van der Waals surface area contributed by atoms with Gasteiger partial charge in [0.25, 0.3) is 15.9 Å². The van der Waals surface area contributed by atoms with Crippen LogP contribution in [0.15, 0.2) is 77.7 Å². The number of H-pyrrole nitrogens is 1. The van der Waals surface area contributed by atoms with E-state index in [1.54, 1.807) is 31.2 Å². The molecule has 1 amide bonds. The maximum Gasteiger partial charge on any atom is 0.264 e. The summed E-state index contributed by atoms with van der Waals surface area (Å²) in [5.74, 6) is -0.0907. The van der Waals surface area contributed by atoms with Crippen LogP contribution in [0, 0.1) is 6.92 Å². The van der Waals surface area contributed by atoms with Crippen LogP contribution in [0.4, 0.5) is 5.69 Å². The molecule has 6 nitrogen and oxygen atoms in total. The second-order valence-corrected chi connectivity index (χ2v) is 10.5. The highest BCUT2D eigenvalue weighted by Crippen LogP contribution is 2.29. The summed E-state index contributed by atoms with van der Waals surface area (Å²) in [6, 6.07) is 21.6. The van der Waals surface area contributed by atoms with Gasteiger partial charge in [0.2, 0.25) is 0 Å². The molecule has 7 heteroatoms. The van der Waals surface area contributed by atoms with Gasteiger partial charge < -0.3 is 9.88 Å². The summed E-state index contributed by atoms with van der Waals surface area (Å²) in [5.41, 5.74) is 5.74. The van der Waals surface area contributed by atoms with E-state index in [0.717, 1.165) is 17.3 Å².